The van der Waals surface area contributed by atoms with Crippen molar-refractivity contribution in [2.45, 2.75) is 39.2 Å². The van der Waals surface area contributed by atoms with Gasteiger partial charge in [0, 0.05) is 0 Å². The van der Waals surface area contributed by atoms with E-state index in [9.17, 15) is 0 Å². The van der Waals surface area contributed by atoms with E-state index in [1.807, 2.05) is 20.8 Å². The van der Waals surface area contributed by atoms with Crippen molar-refractivity contribution in [3.63, 3.8) is 0 Å². The minimum absolute atomic E-state index is 0.152. The Morgan fingerprint density at radius 1 is 1.08 bits per heavy atom. The highest BCUT2D eigenvalue weighted by atomic mass is 16.5. The van der Waals surface area contributed by atoms with Crippen LogP contribution in [-0.4, -0.2) is 12.7 Å². The molecule has 1 aliphatic rings. The highest BCUT2D eigenvalue weighted by Gasteiger charge is 2.18. The van der Waals surface area contributed by atoms with E-state index in [1.165, 1.54) is 0 Å². The van der Waals surface area contributed by atoms with E-state index >= 15 is 0 Å². The van der Waals surface area contributed by atoms with Gasteiger partial charge in [0.05, 0.1) is 7.11 Å². The van der Waals surface area contributed by atoms with Crippen LogP contribution in [-0.2, 0) is 9.47 Å². The van der Waals surface area contributed by atoms with Gasteiger partial charge < -0.3 is 9.47 Å². The number of methoxy groups -OCH3 is 1. The maximum absolute atomic E-state index is 5.75. The molecular formula is C11H18O2. The third kappa shape index (κ3) is 3.13. The third-order valence-electron chi connectivity index (χ3n) is 1.71. The summed E-state index contributed by atoms with van der Waals surface area (Å²) in [6, 6.07) is 0. The van der Waals surface area contributed by atoms with Crippen LogP contribution in [0.5, 0.6) is 0 Å². The lowest BCUT2D eigenvalue weighted by Crippen LogP contribution is -2.20. The maximum Gasteiger partial charge on any atom is 0.157 e. The molecule has 0 saturated heterocycles. The van der Waals surface area contributed by atoms with Crippen LogP contribution in [0.15, 0.2) is 23.7 Å². The average molecular weight is 182 g/mol. The molecule has 0 spiro atoms. The van der Waals surface area contributed by atoms with Gasteiger partial charge in [-0.3, -0.25) is 0 Å². The van der Waals surface area contributed by atoms with Crippen LogP contribution in [0.4, 0.5) is 0 Å². The summed E-state index contributed by atoms with van der Waals surface area (Å²) in [5, 5.41) is 0. The van der Waals surface area contributed by atoms with Gasteiger partial charge in [0.15, 0.2) is 11.5 Å². The highest BCUT2D eigenvalue weighted by Crippen LogP contribution is 2.24. The number of hydrogen-bond donors (Lipinski definition) is 0. The first-order chi connectivity index (χ1) is 6.03. The van der Waals surface area contributed by atoms with E-state index in [0.717, 1.165) is 24.4 Å². The molecule has 74 valence electrons. The molecule has 0 aromatic carbocycles. The van der Waals surface area contributed by atoms with Crippen LogP contribution < -0.4 is 0 Å². The van der Waals surface area contributed by atoms with Crippen LogP contribution >= 0.6 is 0 Å². The van der Waals surface area contributed by atoms with Crippen molar-refractivity contribution in [1.29, 1.82) is 0 Å². The highest BCUT2D eigenvalue weighted by molar-refractivity contribution is 5.24. The maximum atomic E-state index is 5.75. The first kappa shape index (κ1) is 10.2. The van der Waals surface area contributed by atoms with Gasteiger partial charge in [-0.2, -0.15) is 0 Å². The van der Waals surface area contributed by atoms with Crippen LogP contribution in [0.1, 0.15) is 33.6 Å². The van der Waals surface area contributed by atoms with Crippen molar-refractivity contribution < 1.29 is 9.47 Å². The molecule has 0 N–H and O–H groups in total. The van der Waals surface area contributed by atoms with E-state index in [4.69, 9.17) is 9.47 Å². The Kier molecular flexibility index (Phi) is 3.02. The summed E-state index contributed by atoms with van der Waals surface area (Å²) in [6.45, 7) is 6.11. The minimum Gasteiger partial charge on any atom is -0.493 e. The van der Waals surface area contributed by atoms with Crippen molar-refractivity contribution in [1.82, 2.24) is 0 Å². The Bertz CT molecular complexity index is 231. The molecule has 2 heteroatoms. The third-order valence-corrected chi connectivity index (χ3v) is 1.71. The van der Waals surface area contributed by atoms with Crippen molar-refractivity contribution in [2.75, 3.05) is 7.11 Å². The molecule has 0 amide bonds. The molecule has 0 heterocycles. The Morgan fingerprint density at radius 3 is 2.08 bits per heavy atom. The normalized spacial score (nSPS) is 17.5. The monoisotopic (exact) mass is 182 g/mol. The van der Waals surface area contributed by atoms with E-state index < -0.39 is 0 Å². The molecule has 0 fully saturated rings. The van der Waals surface area contributed by atoms with E-state index in [-0.39, 0.29) is 5.60 Å². The Labute approximate surface area is 80.2 Å². The minimum atomic E-state index is -0.152. The van der Waals surface area contributed by atoms with Gasteiger partial charge >= 0.3 is 0 Å². The van der Waals surface area contributed by atoms with Crippen LogP contribution in [0.25, 0.3) is 0 Å². The molecule has 0 aliphatic heterocycles. The number of ether oxygens (including phenoxy) is 2. The number of allylic oxidation sites excluding steroid dienone is 2. The zero-order valence-electron chi connectivity index (χ0n) is 8.89. The molecule has 0 atom stereocenters. The summed E-state index contributed by atoms with van der Waals surface area (Å²) in [7, 11) is 1.68. The van der Waals surface area contributed by atoms with Gasteiger partial charge in [-0.05, 0) is 45.8 Å². The molecule has 1 aliphatic carbocycles. The molecule has 0 saturated carbocycles. The second kappa shape index (κ2) is 3.86. The van der Waals surface area contributed by atoms with Crippen molar-refractivity contribution >= 4 is 0 Å². The smallest absolute Gasteiger partial charge is 0.157 e. The first-order valence-electron chi connectivity index (χ1n) is 4.66. The zero-order valence-corrected chi connectivity index (χ0v) is 8.89. The molecule has 0 unspecified atom stereocenters. The van der Waals surface area contributed by atoms with Gasteiger partial charge in [0.1, 0.15) is 5.60 Å². The fraction of sp³-hybridized carbons (Fsp3) is 0.636. The molecular weight excluding hydrogens is 164 g/mol. The molecule has 2 nitrogen and oxygen atoms in total. The average Bonchev–Trinajstić information content (AvgIpc) is 2.02. The summed E-state index contributed by atoms with van der Waals surface area (Å²) in [4.78, 5) is 0. The lowest BCUT2D eigenvalue weighted by Gasteiger charge is -2.25. The van der Waals surface area contributed by atoms with Gasteiger partial charge in [-0.25, -0.2) is 0 Å². The summed E-state index contributed by atoms with van der Waals surface area (Å²) in [6.07, 6.45) is 6.24. The standard InChI is InChI=1S/C11H18O2/c1-11(2,3)13-10-8-6-5-7-9(10)12-4/h7-8H,5-6H2,1-4H3. The summed E-state index contributed by atoms with van der Waals surface area (Å²) >= 11 is 0. The molecule has 13 heavy (non-hydrogen) atoms. The second-order valence-electron chi connectivity index (χ2n) is 4.13. The largest absolute Gasteiger partial charge is 0.493 e. The van der Waals surface area contributed by atoms with Crippen molar-refractivity contribution in [2.24, 2.45) is 0 Å². The van der Waals surface area contributed by atoms with Gasteiger partial charge in [-0.15, -0.1) is 0 Å². The zero-order chi connectivity index (χ0) is 9.90. The SMILES string of the molecule is COC1=CCCC=C1OC(C)(C)C. The predicted molar refractivity (Wildman–Crippen MR) is 53.2 cm³/mol. The predicted octanol–water partition coefficient (Wildman–Crippen LogP) is 3.01. The summed E-state index contributed by atoms with van der Waals surface area (Å²) < 4.78 is 11.0. The lowest BCUT2D eigenvalue weighted by molar-refractivity contribution is 0.0421. The number of rotatable bonds is 2. The fourth-order valence-electron chi connectivity index (χ4n) is 1.24. The van der Waals surface area contributed by atoms with E-state index in [0.29, 0.717) is 0 Å². The van der Waals surface area contributed by atoms with E-state index in [1.54, 1.807) is 7.11 Å². The first-order valence-corrected chi connectivity index (χ1v) is 4.66. The second-order valence-corrected chi connectivity index (χ2v) is 4.13. The van der Waals surface area contributed by atoms with Crippen molar-refractivity contribution in [3.05, 3.63) is 23.7 Å². The lowest BCUT2D eigenvalue weighted by atomic mass is 10.1. The van der Waals surface area contributed by atoms with Gasteiger partial charge in [0.2, 0.25) is 0 Å². The van der Waals surface area contributed by atoms with Crippen LogP contribution in [0.3, 0.4) is 0 Å². The Morgan fingerprint density at radius 2 is 1.62 bits per heavy atom. The van der Waals surface area contributed by atoms with Gasteiger partial charge in [-0.1, -0.05) is 0 Å². The quantitative estimate of drug-likeness (QED) is 0.653. The van der Waals surface area contributed by atoms with Crippen LogP contribution in [0.2, 0.25) is 0 Å². The number of hydrogen-bond acceptors (Lipinski definition) is 2. The molecule has 0 aromatic rings. The topological polar surface area (TPSA) is 18.5 Å². The molecule has 0 radical (unpaired) electrons. The van der Waals surface area contributed by atoms with Crippen LogP contribution in [0, 0.1) is 0 Å². The van der Waals surface area contributed by atoms with Crippen molar-refractivity contribution in [3.8, 4) is 0 Å². The Balaban J connectivity index is 2.68. The molecule has 0 bridgehead atoms. The molecule has 1 rings (SSSR count). The van der Waals surface area contributed by atoms with Gasteiger partial charge in [0.25, 0.3) is 0 Å². The fourth-order valence-corrected chi connectivity index (χ4v) is 1.24. The summed E-state index contributed by atoms with van der Waals surface area (Å²) in [5.74, 6) is 1.74. The molecule has 0 aromatic heterocycles. The van der Waals surface area contributed by atoms with E-state index in [2.05, 4.69) is 12.2 Å². The Hall–Kier alpha value is -0.920. The summed E-state index contributed by atoms with van der Waals surface area (Å²) in [5.41, 5.74) is -0.152.